The van der Waals surface area contributed by atoms with E-state index in [1.54, 1.807) is 30.0 Å². The standard InChI is InChI=1S/C24H27ClF3N5O3S/c1-37-8-2-3-19(23-33-32-22(35-23)15-10-18(11-15)36-24(26,27)28)29-6-7-30-21(34)16-9-14-4-5-17(25)12-20(14)31-13-16/h4-5,9,12-13,15,18-19,29H,2-3,6-8,10-11H2,1H3,(H,30,34)/t15-,18+,19-/m1/s1. The average molecular weight is 558 g/mol. The second kappa shape index (κ2) is 12.4. The molecule has 0 unspecified atom stereocenters. The highest BCUT2D eigenvalue weighted by Crippen LogP contribution is 2.41. The lowest BCUT2D eigenvalue weighted by atomic mass is 9.82. The molecule has 13 heteroatoms. The Morgan fingerprint density at radius 1 is 1.27 bits per heavy atom. The molecule has 2 N–H and O–H groups in total. The van der Waals surface area contributed by atoms with Crippen molar-refractivity contribution >= 4 is 40.2 Å². The molecule has 2 heterocycles. The maximum Gasteiger partial charge on any atom is 0.522 e. The Hall–Kier alpha value is -2.41. The van der Waals surface area contributed by atoms with Crippen LogP contribution in [-0.2, 0) is 4.74 Å². The number of fused-ring (bicyclic) bond motifs is 1. The van der Waals surface area contributed by atoms with E-state index in [9.17, 15) is 18.0 Å². The number of benzene rings is 1. The normalized spacial score (nSPS) is 18.5. The third kappa shape index (κ3) is 7.79. The van der Waals surface area contributed by atoms with Crippen LogP contribution in [-0.4, -0.2) is 58.7 Å². The monoisotopic (exact) mass is 557 g/mol. The SMILES string of the molecule is CSCCC[C@@H](NCCNC(=O)c1cnc2cc(Cl)ccc2c1)c1nnc([C@H]2C[C@@H](OC(F)(F)F)C2)o1. The summed E-state index contributed by atoms with van der Waals surface area (Å²) in [6, 6.07) is 6.82. The molecule has 0 spiro atoms. The van der Waals surface area contributed by atoms with Gasteiger partial charge in [0.2, 0.25) is 11.8 Å². The number of carbonyl (C=O) groups is 1. The van der Waals surface area contributed by atoms with Gasteiger partial charge in [0, 0.05) is 35.6 Å². The Kier molecular flexibility index (Phi) is 9.27. The highest BCUT2D eigenvalue weighted by Gasteiger charge is 2.42. The zero-order valence-corrected chi connectivity index (χ0v) is 21.6. The predicted octanol–water partition coefficient (Wildman–Crippen LogP) is 5.26. The van der Waals surface area contributed by atoms with E-state index in [-0.39, 0.29) is 30.7 Å². The first kappa shape index (κ1) is 27.6. The lowest BCUT2D eigenvalue weighted by Gasteiger charge is -2.32. The molecule has 1 aliphatic carbocycles. The van der Waals surface area contributed by atoms with Crippen LogP contribution in [0.15, 0.2) is 34.9 Å². The fourth-order valence-corrected chi connectivity index (χ4v) is 4.71. The van der Waals surface area contributed by atoms with Crippen molar-refractivity contribution in [3.63, 3.8) is 0 Å². The molecule has 2 aromatic heterocycles. The summed E-state index contributed by atoms with van der Waals surface area (Å²) in [6.07, 6.45) is 0.0275. The van der Waals surface area contributed by atoms with Crippen LogP contribution in [0.2, 0.25) is 5.02 Å². The number of pyridine rings is 1. The number of nitrogens with one attached hydrogen (secondary N) is 2. The molecule has 1 fully saturated rings. The van der Waals surface area contributed by atoms with Gasteiger partial charge in [0.15, 0.2) is 0 Å². The van der Waals surface area contributed by atoms with Gasteiger partial charge in [-0.2, -0.15) is 11.8 Å². The van der Waals surface area contributed by atoms with E-state index >= 15 is 0 Å². The first-order chi connectivity index (χ1) is 17.7. The van der Waals surface area contributed by atoms with Gasteiger partial charge in [-0.25, -0.2) is 0 Å². The van der Waals surface area contributed by atoms with Gasteiger partial charge < -0.3 is 15.1 Å². The van der Waals surface area contributed by atoms with Gasteiger partial charge in [-0.3, -0.25) is 14.5 Å². The van der Waals surface area contributed by atoms with Crippen LogP contribution in [0.4, 0.5) is 13.2 Å². The third-order valence-electron chi connectivity index (χ3n) is 6.05. The summed E-state index contributed by atoms with van der Waals surface area (Å²) in [4.78, 5) is 16.9. The zero-order valence-electron chi connectivity index (χ0n) is 20.1. The molecule has 1 aliphatic rings. The molecule has 0 saturated heterocycles. The topological polar surface area (TPSA) is 102 Å². The molecule has 1 saturated carbocycles. The average Bonchev–Trinajstić information content (AvgIpc) is 3.31. The number of amides is 1. The summed E-state index contributed by atoms with van der Waals surface area (Å²) in [5, 5.41) is 15.8. The van der Waals surface area contributed by atoms with E-state index < -0.39 is 12.5 Å². The van der Waals surface area contributed by atoms with E-state index in [0.717, 1.165) is 24.0 Å². The number of rotatable bonds is 12. The second-order valence-corrected chi connectivity index (χ2v) is 10.2. The number of aromatic nitrogens is 3. The Morgan fingerprint density at radius 2 is 2.08 bits per heavy atom. The van der Waals surface area contributed by atoms with Gasteiger partial charge in [-0.15, -0.1) is 23.4 Å². The van der Waals surface area contributed by atoms with Crippen LogP contribution in [0.3, 0.4) is 0 Å². The third-order valence-corrected chi connectivity index (χ3v) is 6.98. The summed E-state index contributed by atoms with van der Waals surface area (Å²) < 4.78 is 47.0. The van der Waals surface area contributed by atoms with Crippen molar-refractivity contribution in [2.24, 2.45) is 0 Å². The number of halogens is 4. The molecule has 1 aromatic carbocycles. The van der Waals surface area contributed by atoms with Gasteiger partial charge >= 0.3 is 6.36 Å². The molecule has 0 aliphatic heterocycles. The van der Waals surface area contributed by atoms with E-state index in [1.165, 1.54) is 6.20 Å². The van der Waals surface area contributed by atoms with Crippen LogP contribution in [0.1, 0.15) is 59.8 Å². The predicted molar refractivity (Wildman–Crippen MR) is 135 cm³/mol. The van der Waals surface area contributed by atoms with Gasteiger partial charge in [0.25, 0.3) is 5.91 Å². The lowest BCUT2D eigenvalue weighted by molar-refractivity contribution is -0.352. The van der Waals surface area contributed by atoms with Crippen molar-refractivity contribution in [2.75, 3.05) is 25.1 Å². The van der Waals surface area contributed by atoms with Crippen molar-refractivity contribution in [3.05, 3.63) is 52.8 Å². The molecule has 200 valence electrons. The van der Waals surface area contributed by atoms with Crippen molar-refractivity contribution in [3.8, 4) is 0 Å². The maximum absolute atomic E-state index is 12.6. The van der Waals surface area contributed by atoms with Crippen molar-refractivity contribution in [2.45, 2.75) is 50.1 Å². The molecule has 4 rings (SSSR count). The summed E-state index contributed by atoms with van der Waals surface area (Å²) in [5.74, 6) is 1.18. The second-order valence-electron chi connectivity index (χ2n) is 8.79. The number of ether oxygens (including phenoxy) is 1. The maximum atomic E-state index is 12.6. The van der Waals surface area contributed by atoms with Gasteiger partial charge in [-0.1, -0.05) is 17.7 Å². The van der Waals surface area contributed by atoms with Crippen molar-refractivity contribution in [1.29, 1.82) is 0 Å². The van der Waals surface area contributed by atoms with Crippen molar-refractivity contribution in [1.82, 2.24) is 25.8 Å². The Bertz CT molecular complexity index is 1210. The van der Waals surface area contributed by atoms with Crippen LogP contribution in [0, 0.1) is 0 Å². The quantitative estimate of drug-likeness (QED) is 0.291. The number of hydrogen-bond donors (Lipinski definition) is 2. The molecule has 0 radical (unpaired) electrons. The summed E-state index contributed by atoms with van der Waals surface area (Å²) in [6.45, 7) is 0.811. The first-order valence-corrected chi connectivity index (χ1v) is 13.6. The highest BCUT2D eigenvalue weighted by atomic mass is 35.5. The molecule has 1 amide bonds. The molecule has 37 heavy (non-hydrogen) atoms. The Labute approximate surface area is 221 Å². The van der Waals surface area contributed by atoms with Gasteiger partial charge in [-0.05, 0) is 55.9 Å². The lowest BCUT2D eigenvalue weighted by Crippen LogP contribution is -2.34. The molecule has 8 nitrogen and oxygen atoms in total. The van der Waals surface area contributed by atoms with Crippen LogP contribution in [0.5, 0.6) is 0 Å². The van der Waals surface area contributed by atoms with Gasteiger partial charge in [0.05, 0.1) is 23.2 Å². The van der Waals surface area contributed by atoms with E-state index in [2.05, 4.69) is 30.6 Å². The smallest absolute Gasteiger partial charge is 0.423 e. The Balaban J connectivity index is 1.28. The summed E-state index contributed by atoms with van der Waals surface area (Å²) in [5.41, 5.74) is 1.16. The summed E-state index contributed by atoms with van der Waals surface area (Å²) in [7, 11) is 0. The first-order valence-electron chi connectivity index (χ1n) is 11.9. The molecular formula is C24H27ClF3N5O3S. The summed E-state index contributed by atoms with van der Waals surface area (Å²) >= 11 is 7.71. The van der Waals surface area contributed by atoms with Gasteiger partial charge in [0.1, 0.15) is 0 Å². The molecule has 1 atom stereocenters. The largest absolute Gasteiger partial charge is 0.522 e. The van der Waals surface area contributed by atoms with E-state index in [1.807, 2.05) is 12.3 Å². The van der Waals surface area contributed by atoms with E-state index in [0.29, 0.717) is 41.0 Å². The minimum atomic E-state index is -4.64. The minimum absolute atomic E-state index is 0.189. The molecular weight excluding hydrogens is 531 g/mol. The highest BCUT2D eigenvalue weighted by molar-refractivity contribution is 7.98. The van der Waals surface area contributed by atoms with Crippen LogP contribution in [0.25, 0.3) is 10.9 Å². The zero-order chi connectivity index (χ0) is 26.4. The van der Waals surface area contributed by atoms with Crippen LogP contribution < -0.4 is 10.6 Å². The number of alkyl halides is 3. The Morgan fingerprint density at radius 3 is 2.84 bits per heavy atom. The van der Waals surface area contributed by atoms with Crippen LogP contribution >= 0.6 is 23.4 Å². The number of thioether (sulfide) groups is 1. The molecule has 0 bridgehead atoms. The molecule has 3 aromatic rings. The van der Waals surface area contributed by atoms with E-state index in [4.69, 9.17) is 16.0 Å². The number of hydrogen-bond acceptors (Lipinski definition) is 8. The minimum Gasteiger partial charge on any atom is -0.423 e. The number of nitrogens with zero attached hydrogens (tertiary/aromatic N) is 3. The fraction of sp³-hybridized carbons (Fsp3) is 0.500. The fourth-order valence-electron chi connectivity index (χ4n) is 4.09. The van der Waals surface area contributed by atoms with Crippen molar-refractivity contribution < 1.29 is 27.1 Å². The number of carbonyl (C=O) groups excluding carboxylic acids is 1.